The van der Waals surface area contributed by atoms with E-state index in [9.17, 15) is 14.3 Å². The molecule has 0 saturated carbocycles. The van der Waals surface area contributed by atoms with Crippen LogP contribution in [0.15, 0.2) is 29.1 Å². The van der Waals surface area contributed by atoms with Gasteiger partial charge in [-0.15, -0.1) is 0 Å². The highest BCUT2D eigenvalue weighted by atomic mass is 19.1. The van der Waals surface area contributed by atoms with E-state index in [0.29, 0.717) is 11.4 Å². The quantitative estimate of drug-likeness (QED) is 0.787. The van der Waals surface area contributed by atoms with E-state index in [2.05, 4.69) is 15.3 Å². The zero-order chi connectivity index (χ0) is 14.8. The number of halogens is 1. The average molecular weight is 289 g/mol. The van der Waals surface area contributed by atoms with Crippen molar-refractivity contribution < 1.29 is 9.50 Å². The van der Waals surface area contributed by atoms with Crippen LogP contribution in [0.25, 0.3) is 11.1 Å². The molecule has 1 aliphatic rings. The van der Waals surface area contributed by atoms with Gasteiger partial charge in [0.1, 0.15) is 17.2 Å². The molecule has 21 heavy (non-hydrogen) atoms. The predicted molar refractivity (Wildman–Crippen MR) is 76.8 cm³/mol. The second-order valence-electron chi connectivity index (χ2n) is 5.20. The molecule has 1 unspecified atom stereocenters. The smallest absolute Gasteiger partial charge is 0.262 e. The summed E-state index contributed by atoms with van der Waals surface area (Å²) in [6.07, 6.45) is 1.91. The van der Waals surface area contributed by atoms with Crippen LogP contribution >= 0.6 is 0 Å². The highest BCUT2D eigenvalue weighted by molar-refractivity contribution is 5.67. The highest BCUT2D eigenvalue weighted by Crippen LogP contribution is 2.26. The molecule has 1 atom stereocenters. The first kappa shape index (κ1) is 13.8. The molecule has 2 heterocycles. The minimum atomic E-state index is -0.466. The van der Waals surface area contributed by atoms with Crippen molar-refractivity contribution in [3.8, 4) is 17.0 Å². The molecule has 1 aliphatic heterocycles. The van der Waals surface area contributed by atoms with E-state index in [-0.39, 0.29) is 17.4 Å². The van der Waals surface area contributed by atoms with Gasteiger partial charge in [-0.1, -0.05) is 12.1 Å². The number of hydrogen-bond donors (Lipinski definition) is 3. The van der Waals surface area contributed by atoms with Crippen molar-refractivity contribution in [2.24, 2.45) is 0 Å². The van der Waals surface area contributed by atoms with Gasteiger partial charge in [0.15, 0.2) is 0 Å². The van der Waals surface area contributed by atoms with Gasteiger partial charge < -0.3 is 15.4 Å². The van der Waals surface area contributed by atoms with Gasteiger partial charge in [-0.3, -0.25) is 4.79 Å². The Morgan fingerprint density at radius 1 is 1.38 bits per heavy atom. The van der Waals surface area contributed by atoms with Gasteiger partial charge in [0.05, 0.1) is 0 Å². The van der Waals surface area contributed by atoms with Crippen LogP contribution < -0.4 is 10.9 Å². The van der Waals surface area contributed by atoms with Crippen molar-refractivity contribution >= 4 is 0 Å². The number of nitrogens with zero attached hydrogens (tertiary/aromatic N) is 1. The van der Waals surface area contributed by atoms with Crippen molar-refractivity contribution in [3.05, 3.63) is 46.3 Å². The summed E-state index contributed by atoms with van der Waals surface area (Å²) in [6.45, 7) is 1.68. The molecular formula is C15H16FN3O2. The Bertz CT molecular complexity index is 708. The van der Waals surface area contributed by atoms with Crippen molar-refractivity contribution in [2.75, 3.05) is 13.1 Å². The normalized spacial score (nSPS) is 18.6. The number of rotatable bonds is 2. The second-order valence-corrected chi connectivity index (χ2v) is 5.20. The Morgan fingerprint density at radius 3 is 2.90 bits per heavy atom. The van der Waals surface area contributed by atoms with Crippen LogP contribution in [0.3, 0.4) is 0 Å². The number of nitrogens with one attached hydrogen (secondary N) is 2. The number of aromatic nitrogens is 2. The Kier molecular flexibility index (Phi) is 3.70. The molecule has 0 aliphatic carbocycles. The second kappa shape index (κ2) is 5.65. The zero-order valence-corrected chi connectivity index (χ0v) is 11.4. The van der Waals surface area contributed by atoms with Gasteiger partial charge in [-0.05, 0) is 37.1 Å². The van der Waals surface area contributed by atoms with Crippen molar-refractivity contribution in [2.45, 2.75) is 18.8 Å². The van der Waals surface area contributed by atoms with Gasteiger partial charge in [0.25, 0.3) is 5.56 Å². The van der Waals surface area contributed by atoms with E-state index in [1.165, 1.54) is 18.2 Å². The summed E-state index contributed by atoms with van der Waals surface area (Å²) in [6, 6.07) is 5.54. The number of benzene rings is 1. The van der Waals surface area contributed by atoms with Gasteiger partial charge in [-0.25, -0.2) is 4.39 Å². The maximum absolute atomic E-state index is 13.3. The lowest BCUT2D eigenvalue weighted by Gasteiger charge is -2.22. The third kappa shape index (κ3) is 2.80. The summed E-state index contributed by atoms with van der Waals surface area (Å²) in [5.41, 5.74) is -0.134. The molecule has 6 heteroatoms. The Labute approximate surface area is 120 Å². The summed E-state index contributed by atoms with van der Waals surface area (Å²) in [7, 11) is 0. The third-order valence-corrected chi connectivity index (χ3v) is 3.72. The first-order valence-electron chi connectivity index (χ1n) is 6.95. The molecule has 0 bridgehead atoms. The minimum Gasteiger partial charge on any atom is -0.493 e. The molecule has 1 saturated heterocycles. The van der Waals surface area contributed by atoms with Crippen LogP contribution in [0.2, 0.25) is 0 Å². The fourth-order valence-electron chi connectivity index (χ4n) is 2.66. The fraction of sp³-hybridized carbons (Fsp3) is 0.333. The molecule has 0 spiro atoms. The lowest BCUT2D eigenvalue weighted by atomic mass is 9.98. The van der Waals surface area contributed by atoms with E-state index in [0.717, 1.165) is 25.9 Å². The van der Waals surface area contributed by atoms with E-state index in [4.69, 9.17) is 0 Å². The Morgan fingerprint density at radius 2 is 2.24 bits per heavy atom. The Balaban J connectivity index is 2.02. The molecule has 3 N–H and O–H groups in total. The highest BCUT2D eigenvalue weighted by Gasteiger charge is 2.21. The third-order valence-electron chi connectivity index (χ3n) is 3.72. The van der Waals surface area contributed by atoms with Gasteiger partial charge in [-0.2, -0.15) is 4.98 Å². The van der Waals surface area contributed by atoms with Gasteiger partial charge in [0.2, 0.25) is 5.88 Å². The lowest BCUT2D eigenvalue weighted by molar-refractivity contribution is 0.421. The number of hydrogen-bond acceptors (Lipinski definition) is 4. The van der Waals surface area contributed by atoms with E-state index >= 15 is 0 Å². The SMILES string of the molecule is O=c1[nH]c(C2CCCNC2)nc(O)c1-c1cccc(F)c1. The summed E-state index contributed by atoms with van der Waals surface area (Å²) in [5, 5.41) is 13.3. The molecule has 1 aromatic heterocycles. The molecule has 3 rings (SSSR count). The minimum absolute atomic E-state index is 0.00187. The first-order valence-corrected chi connectivity index (χ1v) is 6.95. The van der Waals surface area contributed by atoms with Crippen LogP contribution in [0.1, 0.15) is 24.6 Å². The molecule has 5 nitrogen and oxygen atoms in total. The standard InChI is InChI=1S/C15H16FN3O2/c16-11-5-1-3-9(7-11)12-14(20)18-13(19-15(12)21)10-4-2-6-17-8-10/h1,3,5,7,10,17H,2,4,6,8H2,(H2,18,19,20,21). The fourth-order valence-corrected chi connectivity index (χ4v) is 2.66. The maximum atomic E-state index is 13.3. The lowest BCUT2D eigenvalue weighted by Crippen LogP contribution is -2.30. The van der Waals surface area contributed by atoms with Crippen LogP contribution in [0.4, 0.5) is 4.39 Å². The number of aromatic amines is 1. The van der Waals surface area contributed by atoms with Crippen LogP contribution in [-0.4, -0.2) is 28.2 Å². The molecule has 1 aromatic carbocycles. The number of H-pyrrole nitrogens is 1. The molecule has 0 radical (unpaired) electrons. The summed E-state index contributed by atoms with van der Waals surface area (Å²) in [4.78, 5) is 19.0. The summed E-state index contributed by atoms with van der Waals surface area (Å²) < 4.78 is 13.3. The molecular weight excluding hydrogens is 273 g/mol. The monoisotopic (exact) mass is 289 g/mol. The van der Waals surface area contributed by atoms with E-state index < -0.39 is 11.4 Å². The van der Waals surface area contributed by atoms with Gasteiger partial charge in [0, 0.05) is 12.5 Å². The molecule has 2 aromatic rings. The van der Waals surface area contributed by atoms with Crippen LogP contribution in [-0.2, 0) is 0 Å². The van der Waals surface area contributed by atoms with Crippen LogP contribution in [0, 0.1) is 5.82 Å². The Hall–Kier alpha value is -2.21. The van der Waals surface area contributed by atoms with Crippen molar-refractivity contribution in [3.63, 3.8) is 0 Å². The van der Waals surface area contributed by atoms with E-state index in [1.54, 1.807) is 6.07 Å². The van der Waals surface area contributed by atoms with E-state index in [1.807, 2.05) is 0 Å². The molecule has 1 fully saturated rings. The molecule has 110 valence electrons. The summed E-state index contributed by atoms with van der Waals surface area (Å²) >= 11 is 0. The molecule has 0 amide bonds. The first-order chi connectivity index (χ1) is 10.1. The van der Waals surface area contributed by atoms with Crippen molar-refractivity contribution in [1.82, 2.24) is 15.3 Å². The number of piperidine rings is 1. The van der Waals surface area contributed by atoms with Crippen LogP contribution in [0.5, 0.6) is 5.88 Å². The van der Waals surface area contributed by atoms with Crippen molar-refractivity contribution in [1.29, 1.82) is 0 Å². The maximum Gasteiger partial charge on any atom is 0.262 e. The zero-order valence-electron chi connectivity index (χ0n) is 11.4. The predicted octanol–water partition coefficient (Wildman–Crippen LogP) is 1.75. The van der Waals surface area contributed by atoms with Gasteiger partial charge >= 0.3 is 0 Å². The average Bonchev–Trinajstić information content (AvgIpc) is 2.47. The topological polar surface area (TPSA) is 78.0 Å². The number of aromatic hydroxyl groups is 1. The summed E-state index contributed by atoms with van der Waals surface area (Å²) in [5.74, 6) is -0.263. The largest absolute Gasteiger partial charge is 0.493 e.